The second-order valence-corrected chi connectivity index (χ2v) is 8.01. The maximum Gasteiger partial charge on any atom is 0.330 e. The number of carbonyl (C=O) groups excluding carboxylic acids is 1. The van der Waals surface area contributed by atoms with E-state index in [1.54, 1.807) is 11.3 Å². The SMILES string of the molecule is O=CN(CCc1csc2ccccc12)c1cn([C@H]2C[C@H](O)[C@@H](CO)O2)c(=O)[nH]c1=O. The number of rotatable bonds is 7. The number of carbonyl (C=O) groups is 1. The Labute approximate surface area is 174 Å². The minimum Gasteiger partial charge on any atom is -0.394 e. The molecule has 1 aromatic carbocycles. The molecule has 0 unspecified atom stereocenters. The maximum atomic E-state index is 12.4. The smallest absolute Gasteiger partial charge is 0.330 e. The van der Waals surface area contributed by atoms with Crippen LogP contribution >= 0.6 is 11.3 Å². The zero-order valence-corrected chi connectivity index (χ0v) is 16.7. The van der Waals surface area contributed by atoms with Gasteiger partial charge >= 0.3 is 5.69 Å². The number of H-pyrrole nitrogens is 1. The molecular formula is C20H21N3O6S. The van der Waals surface area contributed by atoms with Gasteiger partial charge in [-0.3, -0.25) is 19.1 Å². The quantitative estimate of drug-likeness (QED) is 0.471. The highest BCUT2D eigenvalue weighted by Crippen LogP contribution is 2.28. The standard InChI is InChI=1S/C20H21N3O6S/c24-9-16-15(26)7-18(29-16)23-8-14(19(27)21-20(23)28)22(11-25)6-5-12-10-30-17-4-2-1-3-13(12)17/h1-4,8,10-11,15-16,18,24,26H,5-7,9H2,(H,21,27,28)/t15-,16+,18+/m0/s1. The van der Waals surface area contributed by atoms with Crippen LogP contribution in [0.3, 0.4) is 0 Å². The highest BCUT2D eigenvalue weighted by atomic mass is 32.1. The van der Waals surface area contributed by atoms with Gasteiger partial charge in [0.2, 0.25) is 6.41 Å². The number of aromatic nitrogens is 2. The van der Waals surface area contributed by atoms with Crippen LogP contribution in [0.2, 0.25) is 0 Å². The number of benzene rings is 1. The Hall–Kier alpha value is -2.79. The predicted octanol–water partition coefficient (Wildman–Crippen LogP) is 0.597. The molecule has 0 aliphatic carbocycles. The number of aromatic amines is 1. The Bertz CT molecular complexity index is 1170. The lowest BCUT2D eigenvalue weighted by molar-refractivity contribution is -0.107. The van der Waals surface area contributed by atoms with Crippen molar-refractivity contribution in [1.82, 2.24) is 9.55 Å². The van der Waals surface area contributed by atoms with Crippen molar-refractivity contribution in [3.8, 4) is 0 Å². The van der Waals surface area contributed by atoms with E-state index < -0.39 is 36.3 Å². The molecule has 3 atom stereocenters. The molecule has 2 aromatic heterocycles. The van der Waals surface area contributed by atoms with Gasteiger partial charge in [-0.05, 0) is 28.8 Å². The molecule has 0 radical (unpaired) electrons. The number of fused-ring (bicyclic) bond motifs is 1. The third kappa shape index (κ3) is 3.82. The van der Waals surface area contributed by atoms with Crippen molar-refractivity contribution in [2.45, 2.75) is 31.3 Å². The lowest BCUT2D eigenvalue weighted by Gasteiger charge is -2.20. The number of anilines is 1. The van der Waals surface area contributed by atoms with E-state index in [1.165, 1.54) is 11.1 Å². The van der Waals surface area contributed by atoms with Gasteiger partial charge in [0.15, 0.2) is 0 Å². The van der Waals surface area contributed by atoms with Gasteiger partial charge < -0.3 is 19.8 Å². The molecule has 0 saturated carbocycles. The van der Waals surface area contributed by atoms with Crippen molar-refractivity contribution in [2.24, 2.45) is 0 Å². The van der Waals surface area contributed by atoms with Crippen LogP contribution in [0.5, 0.6) is 0 Å². The largest absolute Gasteiger partial charge is 0.394 e. The third-order valence-electron chi connectivity index (χ3n) is 5.26. The number of ether oxygens (including phenoxy) is 1. The van der Waals surface area contributed by atoms with Crippen LogP contribution < -0.4 is 16.1 Å². The maximum absolute atomic E-state index is 12.4. The van der Waals surface area contributed by atoms with Crippen molar-refractivity contribution in [3.63, 3.8) is 0 Å². The number of thiophene rings is 1. The Kier molecular flexibility index (Phi) is 5.82. The van der Waals surface area contributed by atoms with Crippen molar-refractivity contribution in [1.29, 1.82) is 0 Å². The van der Waals surface area contributed by atoms with Gasteiger partial charge in [-0.25, -0.2) is 4.79 Å². The van der Waals surface area contributed by atoms with E-state index in [4.69, 9.17) is 4.74 Å². The molecule has 10 heteroatoms. The molecular weight excluding hydrogens is 410 g/mol. The Morgan fingerprint density at radius 2 is 2.13 bits per heavy atom. The third-order valence-corrected chi connectivity index (χ3v) is 6.28. The Balaban J connectivity index is 1.59. The van der Waals surface area contributed by atoms with E-state index in [0.29, 0.717) is 12.8 Å². The fraction of sp³-hybridized carbons (Fsp3) is 0.350. The molecule has 1 fully saturated rings. The molecule has 158 valence electrons. The number of amides is 1. The van der Waals surface area contributed by atoms with Crippen LogP contribution in [0, 0.1) is 0 Å². The van der Waals surface area contributed by atoms with Crippen LogP contribution in [-0.2, 0) is 16.0 Å². The first-order valence-electron chi connectivity index (χ1n) is 9.48. The summed E-state index contributed by atoms with van der Waals surface area (Å²) in [6, 6.07) is 7.95. The van der Waals surface area contributed by atoms with Gasteiger partial charge in [0, 0.05) is 23.9 Å². The summed E-state index contributed by atoms with van der Waals surface area (Å²) >= 11 is 1.62. The monoisotopic (exact) mass is 431 g/mol. The second kappa shape index (κ2) is 8.52. The van der Waals surface area contributed by atoms with E-state index in [9.17, 15) is 24.6 Å². The molecule has 0 bridgehead atoms. The number of nitrogens with zero attached hydrogens (tertiary/aromatic N) is 2. The fourth-order valence-electron chi connectivity index (χ4n) is 3.64. The minimum absolute atomic E-state index is 0.00896. The summed E-state index contributed by atoms with van der Waals surface area (Å²) < 4.78 is 7.78. The summed E-state index contributed by atoms with van der Waals surface area (Å²) in [5.74, 6) is 0. The Morgan fingerprint density at radius 3 is 2.87 bits per heavy atom. The van der Waals surface area contributed by atoms with E-state index >= 15 is 0 Å². The number of aliphatic hydroxyl groups excluding tert-OH is 2. The van der Waals surface area contributed by atoms with Gasteiger partial charge in [0.1, 0.15) is 18.0 Å². The van der Waals surface area contributed by atoms with Gasteiger partial charge in [0.05, 0.1) is 12.7 Å². The molecule has 1 amide bonds. The van der Waals surface area contributed by atoms with E-state index in [0.717, 1.165) is 20.2 Å². The van der Waals surface area contributed by atoms with Crippen LogP contribution in [0.15, 0.2) is 45.4 Å². The van der Waals surface area contributed by atoms with E-state index in [2.05, 4.69) is 4.98 Å². The summed E-state index contributed by atoms with van der Waals surface area (Å²) in [5.41, 5.74) is -0.320. The summed E-state index contributed by atoms with van der Waals surface area (Å²) in [6.45, 7) is -0.142. The summed E-state index contributed by atoms with van der Waals surface area (Å²) in [4.78, 5) is 39.8. The topological polar surface area (TPSA) is 125 Å². The number of nitrogens with one attached hydrogen (secondary N) is 1. The van der Waals surface area contributed by atoms with Crippen LogP contribution in [0.25, 0.3) is 10.1 Å². The lowest BCUT2D eigenvalue weighted by atomic mass is 10.1. The molecule has 4 rings (SSSR count). The lowest BCUT2D eigenvalue weighted by Crippen LogP contribution is -2.37. The molecule has 3 N–H and O–H groups in total. The minimum atomic E-state index is -0.934. The predicted molar refractivity (Wildman–Crippen MR) is 112 cm³/mol. The van der Waals surface area contributed by atoms with Crippen LogP contribution in [0.1, 0.15) is 18.2 Å². The summed E-state index contributed by atoms with van der Waals surface area (Å²) in [6.07, 6.45) is -0.171. The van der Waals surface area contributed by atoms with Crippen molar-refractivity contribution < 1.29 is 19.7 Å². The zero-order valence-electron chi connectivity index (χ0n) is 15.9. The van der Waals surface area contributed by atoms with Gasteiger partial charge in [-0.15, -0.1) is 11.3 Å². The summed E-state index contributed by atoms with van der Waals surface area (Å²) in [7, 11) is 0. The van der Waals surface area contributed by atoms with Gasteiger partial charge in [0.25, 0.3) is 5.56 Å². The first-order valence-corrected chi connectivity index (χ1v) is 10.4. The second-order valence-electron chi connectivity index (χ2n) is 7.10. The first-order chi connectivity index (χ1) is 14.5. The molecule has 1 saturated heterocycles. The number of hydrogen-bond donors (Lipinski definition) is 3. The van der Waals surface area contributed by atoms with Crippen molar-refractivity contribution >= 4 is 33.5 Å². The first kappa shape index (κ1) is 20.5. The van der Waals surface area contributed by atoms with Gasteiger partial charge in [-0.2, -0.15) is 0 Å². The summed E-state index contributed by atoms with van der Waals surface area (Å²) in [5, 5.41) is 22.3. The molecule has 9 nitrogen and oxygen atoms in total. The highest BCUT2D eigenvalue weighted by Gasteiger charge is 2.35. The molecule has 0 spiro atoms. The number of aliphatic hydroxyl groups is 2. The van der Waals surface area contributed by atoms with Crippen LogP contribution in [-0.4, -0.2) is 51.5 Å². The highest BCUT2D eigenvalue weighted by molar-refractivity contribution is 7.17. The van der Waals surface area contributed by atoms with Crippen molar-refractivity contribution in [2.75, 3.05) is 18.1 Å². The van der Waals surface area contributed by atoms with E-state index in [1.807, 2.05) is 29.6 Å². The Morgan fingerprint density at radius 1 is 1.33 bits per heavy atom. The molecule has 3 aromatic rings. The van der Waals surface area contributed by atoms with Crippen molar-refractivity contribution in [3.05, 3.63) is 62.2 Å². The molecule has 30 heavy (non-hydrogen) atoms. The molecule has 3 heterocycles. The zero-order chi connectivity index (χ0) is 21.3. The normalized spacial score (nSPS) is 21.2. The van der Waals surface area contributed by atoms with Crippen LogP contribution in [0.4, 0.5) is 5.69 Å². The average Bonchev–Trinajstić information content (AvgIpc) is 3.32. The fourth-order valence-corrected chi connectivity index (χ4v) is 4.64. The number of hydrogen-bond acceptors (Lipinski definition) is 7. The van der Waals surface area contributed by atoms with E-state index in [-0.39, 0.29) is 18.7 Å². The molecule has 1 aliphatic rings. The average molecular weight is 431 g/mol. The molecule has 1 aliphatic heterocycles. The van der Waals surface area contributed by atoms with Gasteiger partial charge in [-0.1, -0.05) is 18.2 Å².